The van der Waals surface area contributed by atoms with Crippen LogP contribution in [0, 0.1) is 11.6 Å². The van der Waals surface area contributed by atoms with E-state index in [1.807, 2.05) is 0 Å². The van der Waals surface area contributed by atoms with Gasteiger partial charge in [-0.05, 0) is 96.9 Å². The van der Waals surface area contributed by atoms with Crippen LogP contribution in [0.15, 0.2) is 97.1 Å². The van der Waals surface area contributed by atoms with E-state index in [0.29, 0.717) is 28.7 Å². The van der Waals surface area contributed by atoms with Gasteiger partial charge in [0.05, 0.1) is 5.92 Å². The highest BCUT2D eigenvalue weighted by Gasteiger charge is 2.36. The molecular formula is C29H25BF2N2O8. The first kappa shape index (κ1) is 30.0. The predicted octanol–water partition coefficient (Wildman–Crippen LogP) is 4.06. The Labute approximate surface area is 239 Å². The van der Waals surface area contributed by atoms with E-state index < -0.39 is 25.2 Å². The number of hydrogen-bond donors (Lipinski definition) is 5. The van der Waals surface area contributed by atoms with Gasteiger partial charge >= 0.3 is 7.32 Å². The number of carbonyl (C=O) groups is 2. The third-order valence-corrected chi connectivity index (χ3v) is 5.98. The van der Waals surface area contributed by atoms with Crippen LogP contribution in [0.3, 0.4) is 0 Å². The number of nitrogens with one attached hydrogen (secondary N) is 2. The number of hydroxylamine groups is 1. The second-order valence-corrected chi connectivity index (χ2v) is 8.92. The minimum absolute atomic E-state index is 0.267. The molecule has 0 saturated carbocycles. The second kappa shape index (κ2) is 14.1. The number of amides is 2. The number of hydrogen-bond acceptors (Lipinski definition) is 8. The minimum atomic E-state index is -1.85. The summed E-state index contributed by atoms with van der Waals surface area (Å²) in [6, 6.07) is 23.6. The largest absolute Gasteiger partial charge is 0.707 e. The van der Waals surface area contributed by atoms with Crippen molar-refractivity contribution in [2.75, 3.05) is 0 Å². The van der Waals surface area contributed by atoms with Gasteiger partial charge in [-0.3, -0.25) is 14.8 Å². The Bertz CT molecular complexity index is 1470. The molecule has 0 radical (unpaired) electrons. The van der Waals surface area contributed by atoms with E-state index >= 15 is 0 Å². The average Bonchev–Trinajstić information content (AvgIpc) is 3.38. The van der Waals surface area contributed by atoms with Gasteiger partial charge in [0.1, 0.15) is 46.4 Å². The molecule has 4 aromatic carbocycles. The SMILES string of the molecule is O=C1N[C@@H](C(=O)NO)C[C@H]1c1ccc(Oc2ccc(F)cc2)cc1.OB(O)Oc1ccc(Oc2ccc(F)cc2)cc1. The molecule has 0 aromatic heterocycles. The number of benzene rings is 4. The van der Waals surface area contributed by atoms with E-state index in [1.54, 1.807) is 36.4 Å². The van der Waals surface area contributed by atoms with E-state index in [9.17, 15) is 18.4 Å². The van der Waals surface area contributed by atoms with E-state index in [0.717, 1.165) is 5.56 Å². The average molecular weight is 578 g/mol. The summed E-state index contributed by atoms with van der Waals surface area (Å²) in [7, 11) is -1.85. The van der Waals surface area contributed by atoms with Crippen LogP contribution in [0.25, 0.3) is 0 Å². The van der Waals surface area contributed by atoms with Crippen LogP contribution in [-0.4, -0.2) is 40.4 Å². The van der Waals surface area contributed by atoms with E-state index in [2.05, 4.69) is 9.97 Å². The monoisotopic (exact) mass is 578 g/mol. The van der Waals surface area contributed by atoms with Gasteiger partial charge in [-0.25, -0.2) is 14.3 Å². The molecule has 1 heterocycles. The van der Waals surface area contributed by atoms with Crippen LogP contribution in [0.1, 0.15) is 17.9 Å². The van der Waals surface area contributed by atoms with Crippen LogP contribution >= 0.6 is 0 Å². The first-order chi connectivity index (χ1) is 20.2. The third kappa shape index (κ3) is 8.51. The Balaban J connectivity index is 0.000000201. The molecule has 2 amide bonds. The molecule has 0 aliphatic carbocycles. The lowest BCUT2D eigenvalue weighted by Crippen LogP contribution is -2.40. The summed E-state index contributed by atoms with van der Waals surface area (Å²) >= 11 is 0. The first-order valence-electron chi connectivity index (χ1n) is 12.5. The zero-order valence-corrected chi connectivity index (χ0v) is 21.8. The van der Waals surface area contributed by atoms with Crippen molar-refractivity contribution < 1.29 is 47.8 Å². The molecule has 216 valence electrons. The molecule has 10 nitrogen and oxygen atoms in total. The maximum Gasteiger partial charge on any atom is 0.707 e. The van der Waals surface area contributed by atoms with Crippen molar-refractivity contribution >= 4 is 19.1 Å². The van der Waals surface area contributed by atoms with E-state index in [1.165, 1.54) is 66.1 Å². The highest BCUT2D eigenvalue weighted by atomic mass is 19.1. The fraction of sp³-hybridized carbons (Fsp3) is 0.103. The van der Waals surface area contributed by atoms with Crippen molar-refractivity contribution in [3.05, 3.63) is 114 Å². The Kier molecular flexibility index (Phi) is 10.1. The lowest BCUT2D eigenvalue weighted by Gasteiger charge is -2.10. The van der Waals surface area contributed by atoms with Crippen molar-refractivity contribution in [2.45, 2.75) is 18.4 Å². The van der Waals surface area contributed by atoms with Gasteiger partial charge < -0.3 is 29.5 Å². The maximum atomic E-state index is 12.9. The van der Waals surface area contributed by atoms with Gasteiger partial charge in [0.25, 0.3) is 5.91 Å². The topological polar surface area (TPSA) is 147 Å². The maximum absolute atomic E-state index is 12.9. The number of rotatable bonds is 8. The Morgan fingerprint density at radius 1 is 0.738 bits per heavy atom. The highest BCUT2D eigenvalue weighted by molar-refractivity contribution is 6.33. The number of carbonyl (C=O) groups excluding carboxylic acids is 2. The molecule has 1 aliphatic rings. The van der Waals surface area contributed by atoms with E-state index in [-0.39, 0.29) is 24.0 Å². The van der Waals surface area contributed by atoms with Crippen molar-refractivity contribution in [2.24, 2.45) is 0 Å². The van der Waals surface area contributed by atoms with Crippen molar-refractivity contribution in [1.82, 2.24) is 10.8 Å². The Morgan fingerprint density at radius 2 is 1.14 bits per heavy atom. The summed E-state index contributed by atoms with van der Waals surface area (Å²) in [5.41, 5.74) is 2.28. The Morgan fingerprint density at radius 3 is 1.57 bits per heavy atom. The fourth-order valence-electron chi connectivity index (χ4n) is 3.97. The number of halogens is 2. The fourth-order valence-corrected chi connectivity index (χ4v) is 3.97. The standard InChI is InChI=1S/C17H15FN2O4.C12H10BFO4/c18-11-3-7-13(8-4-11)24-12-5-1-10(2-6-12)14-9-15(17(22)20-23)19-16(14)21;14-9-1-3-10(4-2-9)17-11-5-7-12(8-6-11)18-13(15)16/h1-8,14-15,23H,9H2,(H,19,21)(H,20,22);1-8,15-16H/t14-,15+;/m0./s1. The molecule has 1 aliphatic heterocycles. The summed E-state index contributed by atoms with van der Waals surface area (Å²) in [6.45, 7) is 0. The molecular weight excluding hydrogens is 553 g/mol. The second-order valence-electron chi connectivity index (χ2n) is 8.92. The van der Waals surface area contributed by atoms with Crippen LogP contribution in [0.2, 0.25) is 0 Å². The van der Waals surface area contributed by atoms with Crippen LogP contribution in [0.5, 0.6) is 28.7 Å². The minimum Gasteiger partial charge on any atom is -0.512 e. The molecule has 1 fully saturated rings. The zero-order chi connectivity index (χ0) is 30.1. The zero-order valence-electron chi connectivity index (χ0n) is 21.8. The van der Waals surface area contributed by atoms with Crippen LogP contribution in [-0.2, 0) is 9.59 Å². The Hall–Kier alpha value is -4.98. The van der Waals surface area contributed by atoms with Gasteiger partial charge in [-0.2, -0.15) is 0 Å². The van der Waals surface area contributed by atoms with Gasteiger partial charge in [-0.1, -0.05) is 12.1 Å². The molecule has 0 bridgehead atoms. The van der Waals surface area contributed by atoms with Crippen molar-refractivity contribution in [3.63, 3.8) is 0 Å². The summed E-state index contributed by atoms with van der Waals surface area (Å²) < 4.78 is 41.2. The quantitative estimate of drug-likeness (QED) is 0.120. The van der Waals surface area contributed by atoms with Gasteiger partial charge in [0.2, 0.25) is 5.91 Å². The van der Waals surface area contributed by atoms with Gasteiger partial charge in [-0.15, -0.1) is 0 Å². The molecule has 13 heteroatoms. The summed E-state index contributed by atoms with van der Waals surface area (Å²) in [5, 5.41) is 28.4. The molecule has 5 rings (SSSR count). The lowest BCUT2D eigenvalue weighted by molar-refractivity contribution is -0.132. The van der Waals surface area contributed by atoms with Gasteiger partial charge in [0.15, 0.2) is 0 Å². The van der Waals surface area contributed by atoms with Crippen molar-refractivity contribution in [1.29, 1.82) is 0 Å². The molecule has 2 atom stereocenters. The van der Waals surface area contributed by atoms with Gasteiger partial charge in [0, 0.05) is 0 Å². The van der Waals surface area contributed by atoms with Crippen LogP contribution < -0.4 is 24.9 Å². The number of ether oxygens (including phenoxy) is 2. The molecule has 1 saturated heterocycles. The lowest BCUT2D eigenvalue weighted by atomic mass is 9.95. The molecule has 0 unspecified atom stereocenters. The molecule has 0 spiro atoms. The summed E-state index contributed by atoms with van der Waals surface area (Å²) in [4.78, 5) is 23.4. The molecule has 5 N–H and O–H groups in total. The van der Waals surface area contributed by atoms with Crippen LogP contribution in [0.4, 0.5) is 8.78 Å². The first-order valence-corrected chi connectivity index (χ1v) is 12.5. The van der Waals surface area contributed by atoms with E-state index in [4.69, 9.17) is 24.7 Å². The highest BCUT2D eigenvalue weighted by Crippen LogP contribution is 2.30. The molecule has 42 heavy (non-hydrogen) atoms. The normalized spacial score (nSPS) is 15.5. The summed E-state index contributed by atoms with van der Waals surface area (Å²) in [5.74, 6) is 0.348. The predicted molar refractivity (Wildman–Crippen MR) is 146 cm³/mol. The summed E-state index contributed by atoms with van der Waals surface area (Å²) in [6.07, 6.45) is 0.267. The smallest absolute Gasteiger partial charge is 0.512 e. The third-order valence-electron chi connectivity index (χ3n) is 5.98. The molecule has 4 aromatic rings. The van der Waals surface area contributed by atoms with Crippen molar-refractivity contribution in [3.8, 4) is 28.7 Å².